The summed E-state index contributed by atoms with van der Waals surface area (Å²) in [4.78, 5) is 32.1. The van der Waals surface area contributed by atoms with E-state index in [9.17, 15) is 25.0 Å². The predicted octanol–water partition coefficient (Wildman–Crippen LogP) is 3.40. The van der Waals surface area contributed by atoms with E-state index in [2.05, 4.69) is 0 Å². The van der Waals surface area contributed by atoms with Gasteiger partial charge in [0.25, 0.3) is 11.4 Å². The van der Waals surface area contributed by atoms with Gasteiger partial charge in [0.2, 0.25) is 0 Å². The van der Waals surface area contributed by atoms with E-state index in [4.69, 9.17) is 0 Å². The van der Waals surface area contributed by atoms with Crippen LogP contribution in [0, 0.1) is 20.2 Å². The number of nitro groups is 2. The standard InChI is InChI=1S/C15H10N2O5/c18-15(12-5-7-13(8-6-12)16(19)20)9-4-11-2-1-3-14(10-11)17(21)22/h1-10H. The smallest absolute Gasteiger partial charge is 0.270 e. The fraction of sp³-hybridized carbons (Fsp3) is 0. The van der Waals surface area contributed by atoms with E-state index in [1.807, 2.05) is 0 Å². The molecule has 0 aromatic heterocycles. The maximum absolute atomic E-state index is 11.9. The zero-order chi connectivity index (χ0) is 16.1. The Kier molecular flexibility index (Phi) is 4.38. The average molecular weight is 298 g/mol. The van der Waals surface area contributed by atoms with E-state index in [1.54, 1.807) is 6.07 Å². The molecule has 0 aliphatic carbocycles. The SMILES string of the molecule is O=C(C=Cc1cccc([N+](=O)[O-])c1)c1ccc([N+](=O)[O-])cc1. The molecular weight excluding hydrogens is 288 g/mol. The molecular formula is C15H10N2O5. The molecule has 7 nitrogen and oxygen atoms in total. The summed E-state index contributed by atoms with van der Waals surface area (Å²) < 4.78 is 0. The lowest BCUT2D eigenvalue weighted by Gasteiger charge is -1.96. The van der Waals surface area contributed by atoms with Crippen LogP contribution in [0.3, 0.4) is 0 Å². The molecule has 0 amide bonds. The third kappa shape index (κ3) is 3.60. The van der Waals surface area contributed by atoms with Crippen molar-refractivity contribution in [3.05, 3.63) is 86.0 Å². The van der Waals surface area contributed by atoms with Crippen molar-refractivity contribution in [3.63, 3.8) is 0 Å². The molecule has 2 aromatic rings. The minimum Gasteiger partial charge on any atom is -0.289 e. The molecule has 2 aromatic carbocycles. The fourth-order valence-electron chi connectivity index (χ4n) is 1.76. The van der Waals surface area contributed by atoms with Gasteiger partial charge in [-0.05, 0) is 23.8 Å². The van der Waals surface area contributed by atoms with Crippen molar-refractivity contribution in [2.75, 3.05) is 0 Å². The van der Waals surface area contributed by atoms with Gasteiger partial charge in [0.15, 0.2) is 5.78 Å². The number of ketones is 1. The first-order chi connectivity index (χ1) is 10.5. The Morgan fingerprint density at radius 2 is 1.55 bits per heavy atom. The summed E-state index contributed by atoms with van der Waals surface area (Å²) in [6.45, 7) is 0. The van der Waals surface area contributed by atoms with Gasteiger partial charge in [0, 0.05) is 29.8 Å². The Morgan fingerprint density at radius 3 is 2.14 bits per heavy atom. The largest absolute Gasteiger partial charge is 0.289 e. The van der Waals surface area contributed by atoms with E-state index in [-0.39, 0.29) is 17.2 Å². The number of non-ortho nitro benzene ring substituents is 2. The first kappa shape index (κ1) is 15.0. The van der Waals surface area contributed by atoms with Gasteiger partial charge in [-0.1, -0.05) is 18.2 Å². The van der Waals surface area contributed by atoms with E-state index < -0.39 is 9.85 Å². The highest BCUT2D eigenvalue weighted by atomic mass is 16.6. The molecule has 0 N–H and O–H groups in total. The molecule has 0 unspecified atom stereocenters. The number of nitrogens with zero attached hydrogens (tertiary/aromatic N) is 2. The minimum atomic E-state index is -0.548. The molecule has 0 aliphatic heterocycles. The van der Waals surface area contributed by atoms with Crippen molar-refractivity contribution >= 4 is 23.2 Å². The van der Waals surface area contributed by atoms with E-state index >= 15 is 0 Å². The van der Waals surface area contributed by atoms with E-state index in [0.29, 0.717) is 11.1 Å². The van der Waals surface area contributed by atoms with Gasteiger partial charge >= 0.3 is 0 Å². The Morgan fingerprint density at radius 1 is 0.909 bits per heavy atom. The quantitative estimate of drug-likeness (QED) is 0.364. The summed E-state index contributed by atoms with van der Waals surface area (Å²) >= 11 is 0. The molecule has 0 fully saturated rings. The Balaban J connectivity index is 2.15. The Labute approximate surface area is 124 Å². The van der Waals surface area contributed by atoms with Crippen LogP contribution in [0.1, 0.15) is 15.9 Å². The number of hydrogen-bond donors (Lipinski definition) is 0. The first-order valence-corrected chi connectivity index (χ1v) is 6.19. The molecule has 0 radical (unpaired) electrons. The number of benzene rings is 2. The maximum Gasteiger partial charge on any atom is 0.270 e. The van der Waals surface area contributed by atoms with Crippen LogP contribution in [0.5, 0.6) is 0 Å². The third-order valence-corrected chi connectivity index (χ3v) is 2.87. The monoisotopic (exact) mass is 298 g/mol. The lowest BCUT2D eigenvalue weighted by Crippen LogP contribution is -1.95. The maximum atomic E-state index is 11.9. The van der Waals surface area contributed by atoms with Crippen molar-refractivity contribution in [2.45, 2.75) is 0 Å². The van der Waals surface area contributed by atoms with Gasteiger partial charge in [0.05, 0.1) is 9.85 Å². The molecule has 0 saturated heterocycles. The van der Waals surface area contributed by atoms with Crippen LogP contribution in [0.2, 0.25) is 0 Å². The summed E-state index contributed by atoms with van der Waals surface area (Å²) in [5.74, 6) is -0.346. The highest BCUT2D eigenvalue weighted by Crippen LogP contribution is 2.16. The predicted molar refractivity (Wildman–Crippen MR) is 79.6 cm³/mol. The number of nitro benzene ring substituents is 2. The number of rotatable bonds is 5. The number of carbonyl (C=O) groups excluding carboxylic acids is 1. The zero-order valence-electron chi connectivity index (χ0n) is 11.2. The lowest BCUT2D eigenvalue weighted by molar-refractivity contribution is -0.385. The molecule has 7 heteroatoms. The topological polar surface area (TPSA) is 103 Å². The molecule has 0 heterocycles. The fourth-order valence-corrected chi connectivity index (χ4v) is 1.76. The van der Waals surface area contributed by atoms with Crippen LogP contribution < -0.4 is 0 Å². The van der Waals surface area contributed by atoms with Gasteiger partial charge in [-0.2, -0.15) is 0 Å². The van der Waals surface area contributed by atoms with Gasteiger partial charge < -0.3 is 0 Å². The number of carbonyl (C=O) groups is 1. The highest BCUT2D eigenvalue weighted by Gasteiger charge is 2.08. The molecule has 2 rings (SSSR count). The molecule has 0 bridgehead atoms. The summed E-state index contributed by atoms with van der Waals surface area (Å²) in [5, 5.41) is 21.2. The van der Waals surface area contributed by atoms with Crippen molar-refractivity contribution in [3.8, 4) is 0 Å². The van der Waals surface area contributed by atoms with Gasteiger partial charge in [-0.3, -0.25) is 25.0 Å². The lowest BCUT2D eigenvalue weighted by atomic mass is 10.1. The van der Waals surface area contributed by atoms with Crippen molar-refractivity contribution in [2.24, 2.45) is 0 Å². The summed E-state index contributed by atoms with van der Waals surface area (Å²) in [6, 6.07) is 11.1. The first-order valence-electron chi connectivity index (χ1n) is 6.19. The molecule has 0 saturated carbocycles. The number of allylic oxidation sites excluding steroid dienone is 1. The third-order valence-electron chi connectivity index (χ3n) is 2.87. The summed E-state index contributed by atoms with van der Waals surface area (Å²) in [7, 11) is 0. The van der Waals surface area contributed by atoms with Crippen LogP contribution in [-0.4, -0.2) is 15.6 Å². The number of hydrogen-bond acceptors (Lipinski definition) is 5. The van der Waals surface area contributed by atoms with Gasteiger partial charge in [-0.15, -0.1) is 0 Å². The van der Waals surface area contributed by atoms with Crippen LogP contribution in [0.15, 0.2) is 54.6 Å². The van der Waals surface area contributed by atoms with Crippen LogP contribution in [0.25, 0.3) is 6.08 Å². The van der Waals surface area contributed by atoms with Crippen molar-refractivity contribution < 1.29 is 14.6 Å². The Bertz CT molecular complexity index is 766. The zero-order valence-corrected chi connectivity index (χ0v) is 11.2. The van der Waals surface area contributed by atoms with Crippen LogP contribution in [-0.2, 0) is 0 Å². The Hall–Kier alpha value is -3.35. The average Bonchev–Trinajstić information content (AvgIpc) is 2.53. The second kappa shape index (κ2) is 6.40. The van der Waals surface area contributed by atoms with Crippen LogP contribution in [0.4, 0.5) is 11.4 Å². The summed E-state index contributed by atoms with van der Waals surface area (Å²) in [5.41, 5.74) is 0.654. The molecule has 110 valence electrons. The van der Waals surface area contributed by atoms with Crippen LogP contribution >= 0.6 is 0 Å². The highest BCUT2D eigenvalue weighted by molar-refractivity contribution is 6.06. The molecule has 0 aliphatic rings. The molecule has 22 heavy (non-hydrogen) atoms. The second-order valence-electron chi connectivity index (χ2n) is 4.35. The van der Waals surface area contributed by atoms with Crippen molar-refractivity contribution in [1.82, 2.24) is 0 Å². The second-order valence-corrected chi connectivity index (χ2v) is 4.35. The minimum absolute atomic E-state index is 0.0649. The van der Waals surface area contributed by atoms with E-state index in [1.165, 1.54) is 54.6 Å². The molecule has 0 spiro atoms. The normalized spacial score (nSPS) is 10.5. The summed E-state index contributed by atoms with van der Waals surface area (Å²) in [6.07, 6.45) is 2.72. The van der Waals surface area contributed by atoms with E-state index in [0.717, 1.165) is 0 Å². The van der Waals surface area contributed by atoms with Gasteiger partial charge in [-0.25, -0.2) is 0 Å². The molecule has 0 atom stereocenters. The van der Waals surface area contributed by atoms with Gasteiger partial charge in [0.1, 0.15) is 0 Å². The van der Waals surface area contributed by atoms with Crippen molar-refractivity contribution in [1.29, 1.82) is 0 Å².